The van der Waals surface area contributed by atoms with Crippen molar-refractivity contribution in [1.82, 2.24) is 5.32 Å². The summed E-state index contributed by atoms with van der Waals surface area (Å²) in [6, 6.07) is 9.34. The van der Waals surface area contributed by atoms with Gasteiger partial charge in [-0.15, -0.1) is 0 Å². The van der Waals surface area contributed by atoms with Crippen LogP contribution in [0.3, 0.4) is 0 Å². The summed E-state index contributed by atoms with van der Waals surface area (Å²) in [7, 11) is 0. The topological polar surface area (TPSA) is 12.0 Å². The second kappa shape index (κ2) is 6.70. The Morgan fingerprint density at radius 1 is 1.19 bits per heavy atom. The number of nitrogens with one attached hydrogen (secondary N) is 1. The third kappa shape index (κ3) is 4.36. The molecular formula is C15H25N. The molecule has 0 saturated carbocycles. The summed E-state index contributed by atoms with van der Waals surface area (Å²) in [5, 5.41) is 3.48. The predicted molar refractivity (Wildman–Crippen MR) is 71.8 cm³/mol. The van der Waals surface area contributed by atoms with Gasteiger partial charge >= 0.3 is 0 Å². The Morgan fingerprint density at radius 3 is 2.50 bits per heavy atom. The maximum atomic E-state index is 3.48. The first-order valence-corrected chi connectivity index (χ1v) is 6.41. The van der Waals surface area contributed by atoms with Gasteiger partial charge < -0.3 is 5.32 Å². The van der Waals surface area contributed by atoms with Gasteiger partial charge in [0.15, 0.2) is 0 Å². The lowest BCUT2D eigenvalue weighted by Gasteiger charge is -2.18. The van der Waals surface area contributed by atoms with Crippen molar-refractivity contribution in [2.24, 2.45) is 5.92 Å². The standard InChI is InChI=1S/C15H25N/c1-5-16-14(4)10-12(2)11-15-9-7-6-8-13(15)3/h6-9,12,14,16H,5,10-11H2,1-4H3. The number of benzene rings is 1. The van der Waals surface area contributed by atoms with Crippen LogP contribution in [0, 0.1) is 12.8 Å². The summed E-state index contributed by atoms with van der Waals surface area (Å²) in [4.78, 5) is 0. The first-order chi connectivity index (χ1) is 7.63. The molecule has 90 valence electrons. The van der Waals surface area contributed by atoms with E-state index in [2.05, 4.69) is 57.3 Å². The van der Waals surface area contributed by atoms with Crippen LogP contribution in [-0.4, -0.2) is 12.6 Å². The number of hydrogen-bond donors (Lipinski definition) is 1. The molecule has 0 aliphatic rings. The highest BCUT2D eigenvalue weighted by molar-refractivity contribution is 5.25. The van der Waals surface area contributed by atoms with Crippen LogP contribution < -0.4 is 5.32 Å². The van der Waals surface area contributed by atoms with E-state index in [1.54, 1.807) is 0 Å². The van der Waals surface area contributed by atoms with Gasteiger partial charge in [0, 0.05) is 6.04 Å². The van der Waals surface area contributed by atoms with Crippen LogP contribution in [0.4, 0.5) is 0 Å². The predicted octanol–water partition coefficient (Wildman–Crippen LogP) is 3.56. The molecule has 2 atom stereocenters. The Morgan fingerprint density at radius 2 is 1.88 bits per heavy atom. The second-order valence-electron chi connectivity index (χ2n) is 4.93. The average molecular weight is 219 g/mol. The normalized spacial score (nSPS) is 14.8. The quantitative estimate of drug-likeness (QED) is 0.771. The molecule has 16 heavy (non-hydrogen) atoms. The van der Waals surface area contributed by atoms with E-state index in [-0.39, 0.29) is 0 Å². The van der Waals surface area contributed by atoms with Crippen molar-refractivity contribution in [3.63, 3.8) is 0 Å². The summed E-state index contributed by atoms with van der Waals surface area (Å²) in [5.74, 6) is 0.746. The minimum atomic E-state index is 0.629. The Hall–Kier alpha value is -0.820. The Balaban J connectivity index is 2.45. The molecule has 0 aliphatic carbocycles. The van der Waals surface area contributed by atoms with Gasteiger partial charge in [0.2, 0.25) is 0 Å². The van der Waals surface area contributed by atoms with Crippen molar-refractivity contribution in [1.29, 1.82) is 0 Å². The van der Waals surface area contributed by atoms with Crippen molar-refractivity contribution in [3.8, 4) is 0 Å². The first kappa shape index (κ1) is 13.2. The van der Waals surface area contributed by atoms with Crippen LogP contribution in [0.1, 0.15) is 38.3 Å². The SMILES string of the molecule is CCNC(C)CC(C)Cc1ccccc1C. The molecule has 0 radical (unpaired) electrons. The van der Waals surface area contributed by atoms with Crippen molar-refractivity contribution in [2.45, 2.75) is 46.6 Å². The molecule has 0 amide bonds. The molecule has 0 aromatic heterocycles. The summed E-state index contributed by atoms with van der Waals surface area (Å²) >= 11 is 0. The lowest BCUT2D eigenvalue weighted by molar-refractivity contribution is 0.426. The molecule has 1 rings (SSSR count). The third-order valence-corrected chi connectivity index (χ3v) is 3.14. The van der Waals surface area contributed by atoms with Crippen molar-refractivity contribution in [3.05, 3.63) is 35.4 Å². The number of hydrogen-bond acceptors (Lipinski definition) is 1. The maximum Gasteiger partial charge on any atom is 0.00412 e. The molecule has 1 aromatic carbocycles. The van der Waals surface area contributed by atoms with Crippen LogP contribution >= 0.6 is 0 Å². The van der Waals surface area contributed by atoms with Gasteiger partial charge in [-0.25, -0.2) is 0 Å². The van der Waals surface area contributed by atoms with Crippen LogP contribution in [-0.2, 0) is 6.42 Å². The van der Waals surface area contributed by atoms with Crippen molar-refractivity contribution >= 4 is 0 Å². The van der Waals surface area contributed by atoms with Gasteiger partial charge in [0.1, 0.15) is 0 Å². The zero-order chi connectivity index (χ0) is 12.0. The Bertz CT molecular complexity index is 306. The summed E-state index contributed by atoms with van der Waals surface area (Å²) in [6.45, 7) is 10.1. The van der Waals surface area contributed by atoms with Crippen molar-refractivity contribution < 1.29 is 0 Å². The molecule has 2 unspecified atom stereocenters. The molecule has 0 aliphatic heterocycles. The van der Waals surface area contributed by atoms with E-state index < -0.39 is 0 Å². The fraction of sp³-hybridized carbons (Fsp3) is 0.600. The van der Waals surface area contributed by atoms with Gasteiger partial charge in [-0.05, 0) is 50.3 Å². The molecule has 0 heterocycles. The molecule has 1 N–H and O–H groups in total. The van der Waals surface area contributed by atoms with E-state index in [0.717, 1.165) is 12.5 Å². The van der Waals surface area contributed by atoms with E-state index in [9.17, 15) is 0 Å². The molecule has 1 aromatic rings. The van der Waals surface area contributed by atoms with Crippen LogP contribution in [0.25, 0.3) is 0 Å². The second-order valence-corrected chi connectivity index (χ2v) is 4.93. The zero-order valence-electron chi connectivity index (χ0n) is 11.1. The van der Waals surface area contributed by atoms with E-state index in [1.807, 2.05) is 0 Å². The first-order valence-electron chi connectivity index (χ1n) is 6.41. The van der Waals surface area contributed by atoms with Gasteiger partial charge in [0.25, 0.3) is 0 Å². The van der Waals surface area contributed by atoms with E-state index >= 15 is 0 Å². The Kier molecular flexibility index (Phi) is 5.54. The minimum absolute atomic E-state index is 0.629. The highest BCUT2D eigenvalue weighted by Crippen LogP contribution is 2.16. The largest absolute Gasteiger partial charge is 0.315 e. The van der Waals surface area contributed by atoms with Crippen LogP contribution in [0.2, 0.25) is 0 Å². The summed E-state index contributed by atoms with van der Waals surface area (Å²) < 4.78 is 0. The van der Waals surface area contributed by atoms with Gasteiger partial charge in [0.05, 0.1) is 0 Å². The average Bonchev–Trinajstić information content (AvgIpc) is 2.21. The fourth-order valence-electron chi connectivity index (χ4n) is 2.33. The molecule has 0 fully saturated rings. The molecule has 0 spiro atoms. The van der Waals surface area contributed by atoms with Crippen LogP contribution in [0.15, 0.2) is 24.3 Å². The maximum absolute atomic E-state index is 3.48. The smallest absolute Gasteiger partial charge is 0.00412 e. The van der Waals surface area contributed by atoms with Gasteiger partial charge in [-0.1, -0.05) is 38.1 Å². The molecule has 0 saturated heterocycles. The lowest BCUT2D eigenvalue weighted by atomic mass is 9.93. The molecular weight excluding hydrogens is 194 g/mol. The van der Waals surface area contributed by atoms with Crippen LogP contribution in [0.5, 0.6) is 0 Å². The van der Waals surface area contributed by atoms with Gasteiger partial charge in [-0.3, -0.25) is 0 Å². The molecule has 0 bridgehead atoms. The lowest BCUT2D eigenvalue weighted by Crippen LogP contribution is -2.27. The number of aryl methyl sites for hydroxylation is 1. The van der Waals surface area contributed by atoms with E-state index in [1.165, 1.54) is 24.0 Å². The summed E-state index contributed by atoms with van der Waals surface area (Å²) in [6.07, 6.45) is 2.45. The molecule has 1 nitrogen and oxygen atoms in total. The summed E-state index contributed by atoms with van der Waals surface area (Å²) in [5.41, 5.74) is 2.92. The minimum Gasteiger partial charge on any atom is -0.315 e. The number of rotatable bonds is 6. The monoisotopic (exact) mass is 219 g/mol. The highest BCUT2D eigenvalue weighted by atomic mass is 14.9. The van der Waals surface area contributed by atoms with E-state index in [4.69, 9.17) is 0 Å². The fourth-order valence-corrected chi connectivity index (χ4v) is 2.33. The highest BCUT2D eigenvalue weighted by Gasteiger charge is 2.09. The van der Waals surface area contributed by atoms with E-state index in [0.29, 0.717) is 6.04 Å². The van der Waals surface area contributed by atoms with Gasteiger partial charge in [-0.2, -0.15) is 0 Å². The molecule has 1 heteroatoms. The Labute approximate surface area is 100 Å². The zero-order valence-corrected chi connectivity index (χ0v) is 11.1. The van der Waals surface area contributed by atoms with Crippen molar-refractivity contribution in [2.75, 3.05) is 6.54 Å². The third-order valence-electron chi connectivity index (χ3n) is 3.14.